The van der Waals surface area contributed by atoms with E-state index in [9.17, 15) is 0 Å². The number of benzene rings is 1. The van der Waals surface area contributed by atoms with Crippen molar-refractivity contribution < 1.29 is 0 Å². The molecule has 0 saturated carbocycles. The van der Waals surface area contributed by atoms with Crippen molar-refractivity contribution in [1.82, 2.24) is 0 Å². The first-order valence-corrected chi connectivity index (χ1v) is 4.94. The van der Waals surface area contributed by atoms with Crippen LogP contribution in [0.5, 0.6) is 0 Å². The molecule has 0 fully saturated rings. The Kier molecular flexibility index (Phi) is 3.94. The maximum Gasteiger partial charge on any atom is 0.0991 e. The van der Waals surface area contributed by atoms with E-state index in [4.69, 9.17) is 5.26 Å². The van der Waals surface area contributed by atoms with Crippen molar-refractivity contribution in [3.63, 3.8) is 0 Å². The van der Waals surface area contributed by atoms with Gasteiger partial charge in [-0.05, 0) is 31.0 Å². The van der Waals surface area contributed by atoms with Gasteiger partial charge in [-0.1, -0.05) is 31.2 Å². The summed E-state index contributed by atoms with van der Waals surface area (Å²) in [6.07, 6.45) is 5.37. The molecule has 0 aromatic heterocycles. The lowest BCUT2D eigenvalue weighted by atomic mass is 9.95. The smallest absolute Gasteiger partial charge is 0.0991 e. The van der Waals surface area contributed by atoms with Gasteiger partial charge in [0, 0.05) is 5.92 Å². The quantitative estimate of drug-likeness (QED) is 0.660. The highest BCUT2D eigenvalue weighted by Gasteiger charge is 2.04. The van der Waals surface area contributed by atoms with Crippen LogP contribution in [-0.4, -0.2) is 0 Å². The molecule has 0 amide bonds. The summed E-state index contributed by atoms with van der Waals surface area (Å²) >= 11 is 0. The molecule has 0 bridgehead atoms. The van der Waals surface area contributed by atoms with Gasteiger partial charge in [-0.25, -0.2) is 0 Å². The van der Waals surface area contributed by atoms with Gasteiger partial charge in [-0.2, -0.15) is 5.26 Å². The molecule has 14 heavy (non-hydrogen) atoms. The van der Waals surface area contributed by atoms with E-state index in [1.165, 1.54) is 5.56 Å². The van der Waals surface area contributed by atoms with E-state index in [0.29, 0.717) is 5.92 Å². The van der Waals surface area contributed by atoms with Gasteiger partial charge < -0.3 is 0 Å². The predicted molar refractivity (Wildman–Crippen MR) is 59.0 cm³/mol. The summed E-state index contributed by atoms with van der Waals surface area (Å²) in [7, 11) is 0. The molecule has 0 heterocycles. The molecular formula is C13H15N. The molecule has 1 aromatic carbocycles. The van der Waals surface area contributed by atoms with Crippen molar-refractivity contribution in [3.05, 3.63) is 47.5 Å². The Hall–Kier alpha value is -1.55. The highest BCUT2D eigenvalue weighted by Crippen LogP contribution is 2.21. The van der Waals surface area contributed by atoms with Crippen LogP contribution in [0.15, 0.2) is 36.4 Å². The summed E-state index contributed by atoms with van der Waals surface area (Å²) in [5.41, 5.74) is 2.01. The average Bonchev–Trinajstić information content (AvgIpc) is 2.26. The van der Waals surface area contributed by atoms with Crippen LogP contribution < -0.4 is 0 Å². The topological polar surface area (TPSA) is 23.8 Å². The lowest BCUT2D eigenvalue weighted by Crippen LogP contribution is -1.92. The van der Waals surface area contributed by atoms with Gasteiger partial charge in [0.05, 0.1) is 11.6 Å². The van der Waals surface area contributed by atoms with E-state index in [2.05, 4.69) is 25.1 Å². The third-order valence-corrected chi connectivity index (χ3v) is 2.33. The van der Waals surface area contributed by atoms with E-state index < -0.39 is 0 Å². The van der Waals surface area contributed by atoms with Gasteiger partial charge in [0.15, 0.2) is 0 Å². The standard InChI is InChI=1S/C13H15N/c1-3-5-12(4-2)13-8-6-11(10-14)7-9-13/h3,5-9,12H,4H2,1-2H3/b5-3-. The summed E-state index contributed by atoms with van der Waals surface area (Å²) in [6, 6.07) is 9.95. The molecule has 1 nitrogen and oxygen atoms in total. The Bertz CT molecular complexity index is 340. The Morgan fingerprint density at radius 2 is 2.00 bits per heavy atom. The average molecular weight is 185 g/mol. The molecule has 1 atom stereocenters. The maximum atomic E-state index is 8.66. The number of allylic oxidation sites excluding steroid dienone is 2. The van der Waals surface area contributed by atoms with Gasteiger partial charge in [0.1, 0.15) is 0 Å². The number of rotatable bonds is 3. The third-order valence-electron chi connectivity index (χ3n) is 2.33. The minimum atomic E-state index is 0.479. The number of nitriles is 1. The molecule has 1 rings (SSSR count). The molecule has 1 aromatic rings. The van der Waals surface area contributed by atoms with Crippen molar-refractivity contribution in [2.45, 2.75) is 26.2 Å². The number of hydrogen-bond acceptors (Lipinski definition) is 1. The van der Waals surface area contributed by atoms with Crippen molar-refractivity contribution in [2.24, 2.45) is 0 Å². The summed E-state index contributed by atoms with van der Waals surface area (Å²) in [5.74, 6) is 0.479. The van der Waals surface area contributed by atoms with Crippen LogP contribution in [0.2, 0.25) is 0 Å². The first-order valence-electron chi connectivity index (χ1n) is 4.94. The van der Waals surface area contributed by atoms with Crippen LogP contribution in [0.25, 0.3) is 0 Å². The molecule has 0 aliphatic rings. The van der Waals surface area contributed by atoms with Crippen molar-refractivity contribution in [1.29, 1.82) is 5.26 Å². The third kappa shape index (κ3) is 2.47. The Morgan fingerprint density at radius 1 is 1.36 bits per heavy atom. The molecule has 0 aliphatic carbocycles. The second-order valence-corrected chi connectivity index (χ2v) is 3.27. The maximum absolute atomic E-state index is 8.66. The molecular weight excluding hydrogens is 170 g/mol. The monoisotopic (exact) mass is 185 g/mol. The van der Waals surface area contributed by atoms with Crippen molar-refractivity contribution >= 4 is 0 Å². The lowest BCUT2D eigenvalue weighted by molar-refractivity contribution is 0.804. The van der Waals surface area contributed by atoms with Gasteiger partial charge in [0.25, 0.3) is 0 Å². The summed E-state index contributed by atoms with van der Waals surface area (Å²) < 4.78 is 0. The second kappa shape index (κ2) is 5.24. The van der Waals surface area contributed by atoms with Crippen LogP contribution in [0.4, 0.5) is 0 Å². The number of nitrogens with zero attached hydrogens (tertiary/aromatic N) is 1. The van der Waals surface area contributed by atoms with Crippen LogP contribution in [0.3, 0.4) is 0 Å². The second-order valence-electron chi connectivity index (χ2n) is 3.27. The normalized spacial score (nSPS) is 12.6. The lowest BCUT2D eigenvalue weighted by Gasteiger charge is -2.09. The van der Waals surface area contributed by atoms with Crippen LogP contribution in [0.1, 0.15) is 37.3 Å². The van der Waals surface area contributed by atoms with Crippen molar-refractivity contribution in [3.8, 4) is 6.07 Å². The minimum absolute atomic E-state index is 0.479. The molecule has 0 radical (unpaired) electrons. The first kappa shape index (κ1) is 10.5. The van der Waals surface area contributed by atoms with Crippen LogP contribution in [-0.2, 0) is 0 Å². The van der Waals surface area contributed by atoms with E-state index in [0.717, 1.165) is 12.0 Å². The van der Waals surface area contributed by atoms with Gasteiger partial charge in [-0.15, -0.1) is 0 Å². The highest BCUT2D eigenvalue weighted by molar-refractivity contribution is 5.34. The summed E-state index contributed by atoms with van der Waals surface area (Å²) in [6.45, 7) is 4.20. The Morgan fingerprint density at radius 3 is 2.43 bits per heavy atom. The molecule has 1 heteroatoms. The van der Waals surface area contributed by atoms with Crippen LogP contribution in [0, 0.1) is 11.3 Å². The Labute approximate surface area is 85.7 Å². The zero-order chi connectivity index (χ0) is 10.4. The summed E-state index contributed by atoms with van der Waals surface area (Å²) in [5, 5.41) is 8.66. The molecule has 0 aliphatic heterocycles. The SMILES string of the molecule is C/C=C\C(CC)c1ccc(C#N)cc1. The fourth-order valence-electron chi connectivity index (χ4n) is 1.52. The van der Waals surface area contributed by atoms with Gasteiger partial charge in [-0.3, -0.25) is 0 Å². The molecule has 0 saturated heterocycles. The van der Waals surface area contributed by atoms with E-state index in [1.807, 2.05) is 31.2 Å². The Balaban J connectivity index is 2.90. The van der Waals surface area contributed by atoms with Crippen molar-refractivity contribution in [2.75, 3.05) is 0 Å². The molecule has 0 N–H and O–H groups in total. The fraction of sp³-hybridized carbons (Fsp3) is 0.308. The van der Waals surface area contributed by atoms with Gasteiger partial charge in [0.2, 0.25) is 0 Å². The fourth-order valence-corrected chi connectivity index (χ4v) is 1.52. The summed E-state index contributed by atoms with van der Waals surface area (Å²) in [4.78, 5) is 0. The van der Waals surface area contributed by atoms with E-state index >= 15 is 0 Å². The predicted octanol–water partition coefficient (Wildman–Crippen LogP) is 3.63. The molecule has 1 unspecified atom stereocenters. The highest BCUT2D eigenvalue weighted by atomic mass is 14.2. The zero-order valence-electron chi connectivity index (χ0n) is 8.70. The first-order chi connectivity index (χ1) is 6.81. The zero-order valence-corrected chi connectivity index (χ0v) is 8.70. The van der Waals surface area contributed by atoms with E-state index in [-0.39, 0.29) is 0 Å². The minimum Gasteiger partial charge on any atom is -0.192 e. The molecule has 72 valence electrons. The van der Waals surface area contributed by atoms with Crippen LogP contribution >= 0.6 is 0 Å². The van der Waals surface area contributed by atoms with Gasteiger partial charge >= 0.3 is 0 Å². The number of hydrogen-bond donors (Lipinski definition) is 0. The van der Waals surface area contributed by atoms with E-state index in [1.54, 1.807) is 0 Å². The largest absolute Gasteiger partial charge is 0.192 e. The molecule has 0 spiro atoms.